The van der Waals surface area contributed by atoms with Gasteiger partial charge in [0.15, 0.2) is 0 Å². The molecule has 0 saturated heterocycles. The predicted molar refractivity (Wildman–Crippen MR) is 105 cm³/mol. The van der Waals surface area contributed by atoms with Crippen LogP contribution in [0.15, 0.2) is 21.9 Å². The van der Waals surface area contributed by atoms with Gasteiger partial charge in [-0.1, -0.05) is 6.42 Å². The minimum absolute atomic E-state index is 0. The van der Waals surface area contributed by atoms with E-state index in [-0.39, 0.29) is 48.1 Å². The van der Waals surface area contributed by atoms with E-state index >= 15 is 0 Å². The molecule has 26 heavy (non-hydrogen) atoms. The third kappa shape index (κ3) is 4.08. The number of hydrogen-bond acceptors (Lipinski definition) is 5. The number of fused-ring (bicyclic) bond motifs is 1. The second-order valence-electron chi connectivity index (χ2n) is 6.41. The maximum atomic E-state index is 12.2. The zero-order valence-electron chi connectivity index (χ0n) is 14.6. The van der Waals surface area contributed by atoms with Crippen molar-refractivity contribution in [3.8, 4) is 0 Å². The summed E-state index contributed by atoms with van der Waals surface area (Å²) in [7, 11) is 2.97. The van der Waals surface area contributed by atoms with Crippen LogP contribution < -0.4 is 22.3 Å². The lowest BCUT2D eigenvalue weighted by Crippen LogP contribution is -2.37. The largest absolute Gasteiger partial charge is 0.332 e. The molecule has 3 rings (SSSR count). The molecule has 1 aliphatic carbocycles. The molecule has 3 N–H and O–H groups in total. The summed E-state index contributed by atoms with van der Waals surface area (Å²) >= 11 is 0. The van der Waals surface area contributed by atoms with Crippen LogP contribution in [-0.2, 0) is 18.9 Å². The minimum Gasteiger partial charge on any atom is -0.327 e. The van der Waals surface area contributed by atoms with Crippen molar-refractivity contribution in [2.75, 3.05) is 5.32 Å². The molecule has 144 valence electrons. The van der Waals surface area contributed by atoms with Crippen molar-refractivity contribution in [3.63, 3.8) is 0 Å². The van der Waals surface area contributed by atoms with Crippen LogP contribution in [0.1, 0.15) is 25.7 Å². The highest BCUT2D eigenvalue weighted by molar-refractivity contribution is 5.92. The number of carbonyl (C=O) groups is 1. The Bertz CT molecular complexity index is 924. The smallest absolute Gasteiger partial charge is 0.327 e. The van der Waals surface area contributed by atoms with E-state index in [9.17, 15) is 14.4 Å². The van der Waals surface area contributed by atoms with Crippen LogP contribution >= 0.6 is 24.8 Å². The molecular formula is C16H23Cl2N5O3. The summed E-state index contributed by atoms with van der Waals surface area (Å²) in [4.78, 5) is 40.5. The van der Waals surface area contributed by atoms with Gasteiger partial charge in [-0.15, -0.1) is 24.8 Å². The van der Waals surface area contributed by atoms with Crippen LogP contribution in [0.5, 0.6) is 0 Å². The van der Waals surface area contributed by atoms with Crippen molar-refractivity contribution in [1.29, 1.82) is 0 Å². The van der Waals surface area contributed by atoms with Crippen molar-refractivity contribution in [3.05, 3.63) is 33.1 Å². The Morgan fingerprint density at radius 2 is 1.96 bits per heavy atom. The number of nitrogens with zero attached hydrogens (tertiary/aromatic N) is 3. The molecule has 0 spiro atoms. The molecule has 1 amide bonds. The summed E-state index contributed by atoms with van der Waals surface area (Å²) in [5.74, 6) is 0.0623. The highest BCUT2D eigenvalue weighted by Crippen LogP contribution is 2.27. The predicted octanol–water partition coefficient (Wildman–Crippen LogP) is 0.932. The lowest BCUT2D eigenvalue weighted by atomic mass is 10.00. The number of pyridine rings is 1. The van der Waals surface area contributed by atoms with Gasteiger partial charge in [0, 0.05) is 26.6 Å². The highest BCUT2D eigenvalue weighted by atomic mass is 35.5. The van der Waals surface area contributed by atoms with Gasteiger partial charge < -0.3 is 11.1 Å². The summed E-state index contributed by atoms with van der Waals surface area (Å²) in [6.45, 7) is 0. The molecular weight excluding hydrogens is 381 g/mol. The van der Waals surface area contributed by atoms with E-state index in [1.165, 1.54) is 17.8 Å². The van der Waals surface area contributed by atoms with Gasteiger partial charge in [-0.3, -0.25) is 18.7 Å². The number of amides is 1. The first-order valence-electron chi connectivity index (χ1n) is 7.99. The third-order valence-electron chi connectivity index (χ3n) is 4.74. The van der Waals surface area contributed by atoms with Crippen molar-refractivity contribution >= 4 is 47.4 Å². The standard InChI is InChI=1S/C16H21N5O3.2ClH/c1-20-14-11(15(23)21(2)16(20)24)7-10(8-18-14)19-13(22)6-9-4-3-5-12(9)17;;/h7-9,12H,3-6,17H2,1-2H3,(H,19,22);2*1H/t9-,12+;;/m0../s1. The number of nitrogens with one attached hydrogen (secondary N) is 1. The monoisotopic (exact) mass is 403 g/mol. The maximum absolute atomic E-state index is 12.2. The molecule has 2 heterocycles. The SMILES string of the molecule is Cl.Cl.Cn1c(=O)c2cc(NC(=O)C[C@@H]3CCC[C@H]3N)cnc2n(C)c1=O. The average molecular weight is 404 g/mol. The Kier molecular flexibility index (Phi) is 7.37. The number of halogens is 2. The number of aromatic nitrogens is 3. The Hall–Kier alpha value is -1.90. The van der Waals surface area contributed by atoms with Crippen molar-refractivity contribution in [1.82, 2.24) is 14.1 Å². The maximum Gasteiger partial charge on any atom is 0.332 e. The minimum atomic E-state index is -0.438. The quantitative estimate of drug-likeness (QED) is 0.791. The molecule has 0 aromatic carbocycles. The first kappa shape index (κ1) is 22.1. The van der Waals surface area contributed by atoms with E-state index in [0.29, 0.717) is 17.8 Å². The number of anilines is 1. The van der Waals surface area contributed by atoms with E-state index in [1.807, 2.05) is 0 Å². The van der Waals surface area contributed by atoms with Crippen LogP contribution in [0.2, 0.25) is 0 Å². The number of carbonyl (C=O) groups excluding carboxylic acids is 1. The summed E-state index contributed by atoms with van der Waals surface area (Å²) < 4.78 is 2.33. The first-order chi connectivity index (χ1) is 11.4. The fourth-order valence-corrected chi connectivity index (χ4v) is 3.30. The van der Waals surface area contributed by atoms with E-state index in [4.69, 9.17) is 5.73 Å². The van der Waals surface area contributed by atoms with Gasteiger partial charge in [-0.05, 0) is 24.8 Å². The molecule has 2 aromatic rings. The zero-order chi connectivity index (χ0) is 17.4. The molecule has 0 aliphatic heterocycles. The molecule has 0 unspecified atom stereocenters. The van der Waals surface area contributed by atoms with E-state index in [1.54, 1.807) is 13.1 Å². The summed E-state index contributed by atoms with van der Waals surface area (Å²) in [5.41, 5.74) is 5.85. The lowest BCUT2D eigenvalue weighted by Gasteiger charge is -2.15. The van der Waals surface area contributed by atoms with Gasteiger partial charge >= 0.3 is 5.69 Å². The molecule has 10 heteroatoms. The molecule has 1 saturated carbocycles. The topological polar surface area (TPSA) is 112 Å². The lowest BCUT2D eigenvalue weighted by molar-refractivity contribution is -0.117. The third-order valence-corrected chi connectivity index (χ3v) is 4.74. The van der Waals surface area contributed by atoms with Crippen LogP contribution in [0, 0.1) is 5.92 Å². The van der Waals surface area contributed by atoms with Gasteiger partial charge in [0.25, 0.3) is 5.56 Å². The van der Waals surface area contributed by atoms with E-state index < -0.39 is 11.2 Å². The van der Waals surface area contributed by atoms with Crippen molar-refractivity contribution in [2.45, 2.75) is 31.7 Å². The Labute approximate surface area is 162 Å². The van der Waals surface area contributed by atoms with Gasteiger partial charge in [0.1, 0.15) is 5.65 Å². The van der Waals surface area contributed by atoms with E-state index in [0.717, 1.165) is 23.8 Å². The molecule has 2 aromatic heterocycles. The summed E-state index contributed by atoms with van der Waals surface area (Å²) in [6, 6.07) is 1.63. The molecule has 1 fully saturated rings. The average Bonchev–Trinajstić information content (AvgIpc) is 2.95. The Balaban J connectivity index is 0.00000169. The van der Waals surface area contributed by atoms with Crippen LogP contribution in [0.3, 0.4) is 0 Å². The van der Waals surface area contributed by atoms with Gasteiger partial charge in [-0.2, -0.15) is 0 Å². The molecule has 0 bridgehead atoms. The molecule has 8 nitrogen and oxygen atoms in total. The van der Waals surface area contributed by atoms with Crippen LogP contribution in [0.25, 0.3) is 11.0 Å². The fraction of sp³-hybridized carbons (Fsp3) is 0.500. The second-order valence-corrected chi connectivity index (χ2v) is 6.41. The van der Waals surface area contributed by atoms with Gasteiger partial charge in [0.05, 0.1) is 17.3 Å². The fourth-order valence-electron chi connectivity index (χ4n) is 3.30. The first-order valence-corrected chi connectivity index (χ1v) is 7.99. The Morgan fingerprint density at radius 1 is 1.27 bits per heavy atom. The Morgan fingerprint density at radius 3 is 2.58 bits per heavy atom. The number of rotatable bonds is 3. The zero-order valence-corrected chi connectivity index (χ0v) is 16.2. The second kappa shape index (κ2) is 8.66. The van der Waals surface area contributed by atoms with Crippen LogP contribution in [0.4, 0.5) is 5.69 Å². The molecule has 2 atom stereocenters. The van der Waals surface area contributed by atoms with Crippen molar-refractivity contribution < 1.29 is 4.79 Å². The van der Waals surface area contributed by atoms with Gasteiger partial charge in [0.2, 0.25) is 5.91 Å². The number of aryl methyl sites for hydroxylation is 1. The molecule has 0 radical (unpaired) electrons. The highest BCUT2D eigenvalue weighted by Gasteiger charge is 2.26. The normalized spacial score (nSPS) is 18.9. The van der Waals surface area contributed by atoms with Crippen molar-refractivity contribution in [2.24, 2.45) is 25.7 Å². The number of nitrogens with two attached hydrogens (primary N) is 1. The summed E-state index contributed by atoms with van der Waals surface area (Å²) in [5, 5.41) is 3.06. The summed E-state index contributed by atoms with van der Waals surface area (Å²) in [6.07, 6.45) is 4.80. The molecule has 1 aliphatic rings. The van der Waals surface area contributed by atoms with Crippen LogP contribution in [-0.4, -0.2) is 26.1 Å². The van der Waals surface area contributed by atoms with Gasteiger partial charge in [-0.25, -0.2) is 9.78 Å². The number of hydrogen-bond donors (Lipinski definition) is 2. The van der Waals surface area contributed by atoms with E-state index in [2.05, 4.69) is 10.3 Å².